The highest BCUT2D eigenvalue weighted by molar-refractivity contribution is 5.36. The average molecular weight is 233 g/mol. The Bertz CT molecular complexity index is 383. The molecule has 1 unspecified atom stereocenters. The number of ether oxygens (including phenoxy) is 1. The Morgan fingerprint density at radius 2 is 2.06 bits per heavy atom. The van der Waals surface area contributed by atoms with E-state index in [-0.39, 0.29) is 6.04 Å². The van der Waals surface area contributed by atoms with Gasteiger partial charge in [-0.25, -0.2) is 0 Å². The monoisotopic (exact) mass is 233 g/mol. The van der Waals surface area contributed by atoms with Crippen molar-refractivity contribution in [3.05, 3.63) is 29.3 Å². The first-order chi connectivity index (χ1) is 8.08. The van der Waals surface area contributed by atoms with E-state index in [1.165, 1.54) is 24.0 Å². The molecule has 0 aromatic heterocycles. The maximum atomic E-state index is 6.02. The van der Waals surface area contributed by atoms with Crippen molar-refractivity contribution in [1.82, 2.24) is 0 Å². The van der Waals surface area contributed by atoms with Gasteiger partial charge in [-0.3, -0.25) is 0 Å². The molecule has 2 rings (SSSR count). The van der Waals surface area contributed by atoms with E-state index in [1.54, 1.807) is 0 Å². The van der Waals surface area contributed by atoms with Crippen LogP contribution in [0.2, 0.25) is 0 Å². The second-order valence-corrected chi connectivity index (χ2v) is 5.49. The minimum Gasteiger partial charge on any atom is -0.492 e. The molecule has 1 atom stereocenters. The standard InChI is InChI=1S/C15H23NO/c1-10(2)14-7-6-13(8-11(14)3)17-9-15(16)12-4-5-12/h6-8,10,12,15H,4-5,9,16H2,1-3H3. The molecule has 1 aromatic carbocycles. The molecular formula is C15H23NO. The SMILES string of the molecule is Cc1cc(OCC(N)C2CC2)ccc1C(C)C. The molecule has 0 bridgehead atoms. The third-order valence-corrected chi connectivity index (χ3v) is 3.53. The van der Waals surface area contributed by atoms with Crippen molar-refractivity contribution in [2.45, 2.75) is 45.6 Å². The van der Waals surface area contributed by atoms with Gasteiger partial charge in [0.15, 0.2) is 0 Å². The lowest BCUT2D eigenvalue weighted by molar-refractivity contribution is 0.276. The van der Waals surface area contributed by atoms with E-state index in [0.29, 0.717) is 18.4 Å². The topological polar surface area (TPSA) is 35.2 Å². The predicted octanol–water partition coefficient (Wildman–Crippen LogP) is 3.23. The van der Waals surface area contributed by atoms with E-state index in [0.717, 1.165) is 5.75 Å². The number of benzene rings is 1. The summed E-state index contributed by atoms with van der Waals surface area (Å²) in [6.45, 7) is 7.21. The minimum atomic E-state index is 0.208. The molecular weight excluding hydrogens is 210 g/mol. The number of nitrogens with two attached hydrogens (primary N) is 1. The molecule has 1 aliphatic rings. The Balaban J connectivity index is 1.94. The van der Waals surface area contributed by atoms with Gasteiger partial charge in [0.1, 0.15) is 12.4 Å². The molecule has 0 heterocycles. The first-order valence-corrected chi connectivity index (χ1v) is 6.57. The minimum absolute atomic E-state index is 0.208. The Morgan fingerprint density at radius 1 is 1.35 bits per heavy atom. The second kappa shape index (κ2) is 5.09. The fraction of sp³-hybridized carbons (Fsp3) is 0.600. The van der Waals surface area contributed by atoms with E-state index in [4.69, 9.17) is 10.5 Å². The van der Waals surface area contributed by atoms with Crippen LogP contribution in [0.3, 0.4) is 0 Å². The van der Waals surface area contributed by atoms with Crippen LogP contribution in [0.15, 0.2) is 18.2 Å². The van der Waals surface area contributed by atoms with Crippen molar-refractivity contribution in [3.8, 4) is 5.75 Å². The zero-order chi connectivity index (χ0) is 12.4. The van der Waals surface area contributed by atoms with Crippen molar-refractivity contribution < 1.29 is 4.74 Å². The van der Waals surface area contributed by atoms with Gasteiger partial charge in [-0.05, 0) is 54.9 Å². The zero-order valence-electron chi connectivity index (χ0n) is 11.1. The van der Waals surface area contributed by atoms with Crippen LogP contribution in [0.4, 0.5) is 0 Å². The van der Waals surface area contributed by atoms with E-state index in [9.17, 15) is 0 Å². The van der Waals surface area contributed by atoms with Crippen LogP contribution in [-0.2, 0) is 0 Å². The largest absolute Gasteiger partial charge is 0.492 e. The molecule has 0 spiro atoms. The molecule has 0 saturated heterocycles. The normalized spacial score (nSPS) is 17.2. The van der Waals surface area contributed by atoms with Crippen molar-refractivity contribution in [1.29, 1.82) is 0 Å². The Hall–Kier alpha value is -1.02. The van der Waals surface area contributed by atoms with Crippen LogP contribution in [0, 0.1) is 12.8 Å². The molecule has 1 saturated carbocycles. The molecule has 0 radical (unpaired) electrons. The van der Waals surface area contributed by atoms with Crippen molar-refractivity contribution >= 4 is 0 Å². The Kier molecular flexibility index (Phi) is 3.72. The number of hydrogen-bond acceptors (Lipinski definition) is 2. The molecule has 17 heavy (non-hydrogen) atoms. The summed E-state index contributed by atoms with van der Waals surface area (Å²) in [5, 5.41) is 0. The van der Waals surface area contributed by atoms with Crippen molar-refractivity contribution in [3.63, 3.8) is 0 Å². The van der Waals surface area contributed by atoms with Gasteiger partial charge < -0.3 is 10.5 Å². The zero-order valence-corrected chi connectivity index (χ0v) is 11.1. The first kappa shape index (κ1) is 12.4. The summed E-state index contributed by atoms with van der Waals surface area (Å²) in [7, 11) is 0. The van der Waals surface area contributed by atoms with E-state index in [1.807, 2.05) is 0 Å². The summed E-state index contributed by atoms with van der Waals surface area (Å²) in [4.78, 5) is 0. The van der Waals surface area contributed by atoms with Gasteiger partial charge in [0.25, 0.3) is 0 Å². The van der Waals surface area contributed by atoms with Gasteiger partial charge in [0.05, 0.1) is 0 Å². The van der Waals surface area contributed by atoms with E-state index in [2.05, 4.69) is 39.0 Å². The van der Waals surface area contributed by atoms with Gasteiger partial charge >= 0.3 is 0 Å². The molecule has 1 aliphatic carbocycles. The first-order valence-electron chi connectivity index (χ1n) is 6.57. The highest BCUT2D eigenvalue weighted by Gasteiger charge is 2.28. The van der Waals surface area contributed by atoms with Gasteiger partial charge in [0, 0.05) is 6.04 Å². The summed E-state index contributed by atoms with van der Waals surface area (Å²) in [6, 6.07) is 6.55. The van der Waals surface area contributed by atoms with Crippen LogP contribution in [0.25, 0.3) is 0 Å². The molecule has 1 fully saturated rings. The number of rotatable bonds is 5. The smallest absolute Gasteiger partial charge is 0.119 e. The highest BCUT2D eigenvalue weighted by Crippen LogP contribution is 2.32. The molecule has 2 nitrogen and oxygen atoms in total. The summed E-state index contributed by atoms with van der Waals surface area (Å²) in [6.07, 6.45) is 2.55. The molecule has 0 amide bonds. The fourth-order valence-electron chi connectivity index (χ4n) is 2.24. The van der Waals surface area contributed by atoms with Crippen LogP contribution in [0.5, 0.6) is 5.75 Å². The van der Waals surface area contributed by atoms with E-state index < -0.39 is 0 Å². The third kappa shape index (κ3) is 3.22. The van der Waals surface area contributed by atoms with Gasteiger partial charge in [-0.2, -0.15) is 0 Å². The van der Waals surface area contributed by atoms with Crippen LogP contribution >= 0.6 is 0 Å². The second-order valence-electron chi connectivity index (χ2n) is 5.49. The molecule has 0 aliphatic heterocycles. The van der Waals surface area contributed by atoms with E-state index >= 15 is 0 Å². The van der Waals surface area contributed by atoms with Gasteiger partial charge in [-0.1, -0.05) is 19.9 Å². The molecule has 1 aromatic rings. The lowest BCUT2D eigenvalue weighted by Gasteiger charge is -2.15. The summed E-state index contributed by atoms with van der Waals surface area (Å²) >= 11 is 0. The maximum Gasteiger partial charge on any atom is 0.119 e. The lowest BCUT2D eigenvalue weighted by atomic mass is 9.98. The van der Waals surface area contributed by atoms with Crippen molar-refractivity contribution in [2.75, 3.05) is 6.61 Å². The lowest BCUT2D eigenvalue weighted by Crippen LogP contribution is -2.29. The third-order valence-electron chi connectivity index (χ3n) is 3.53. The number of hydrogen-bond donors (Lipinski definition) is 1. The fourth-order valence-corrected chi connectivity index (χ4v) is 2.24. The van der Waals surface area contributed by atoms with Crippen molar-refractivity contribution in [2.24, 2.45) is 11.7 Å². The van der Waals surface area contributed by atoms with Gasteiger partial charge in [-0.15, -0.1) is 0 Å². The summed E-state index contributed by atoms with van der Waals surface area (Å²) < 4.78 is 5.76. The van der Waals surface area contributed by atoms with Crippen LogP contribution < -0.4 is 10.5 Å². The van der Waals surface area contributed by atoms with Gasteiger partial charge in [0.2, 0.25) is 0 Å². The predicted molar refractivity (Wildman–Crippen MR) is 71.5 cm³/mol. The van der Waals surface area contributed by atoms with Crippen LogP contribution in [-0.4, -0.2) is 12.6 Å². The molecule has 2 N–H and O–H groups in total. The Morgan fingerprint density at radius 3 is 2.59 bits per heavy atom. The molecule has 94 valence electrons. The maximum absolute atomic E-state index is 6.02. The molecule has 2 heteroatoms. The Labute approximate surface area is 104 Å². The van der Waals surface area contributed by atoms with Crippen LogP contribution in [0.1, 0.15) is 43.7 Å². The highest BCUT2D eigenvalue weighted by atomic mass is 16.5. The quantitative estimate of drug-likeness (QED) is 0.847. The average Bonchev–Trinajstić information content (AvgIpc) is 3.09. The summed E-state index contributed by atoms with van der Waals surface area (Å²) in [5.74, 6) is 2.21. The summed E-state index contributed by atoms with van der Waals surface area (Å²) in [5.41, 5.74) is 8.71. The number of aryl methyl sites for hydroxylation is 1.